The summed E-state index contributed by atoms with van der Waals surface area (Å²) in [4.78, 5) is 23.5. The number of nitrogens with zero attached hydrogens (tertiary/aromatic N) is 1. The number of rotatable bonds is 5. The van der Waals surface area contributed by atoms with Crippen molar-refractivity contribution in [2.45, 2.75) is 31.2 Å². The number of carboxylic acids is 1. The lowest BCUT2D eigenvalue weighted by Crippen LogP contribution is -2.51. The largest absolute Gasteiger partial charge is 0.480 e. The van der Waals surface area contributed by atoms with Crippen LogP contribution in [-0.4, -0.2) is 40.5 Å². The molecule has 5 nitrogen and oxygen atoms in total. The fraction of sp³-hybridized carbons (Fsp3) is 0.636. The van der Waals surface area contributed by atoms with Crippen molar-refractivity contribution in [3.8, 4) is 12.3 Å². The molecule has 88 valence electrons. The van der Waals surface area contributed by atoms with E-state index in [9.17, 15) is 9.59 Å². The molecule has 0 radical (unpaired) electrons. The number of hydrogen-bond donors (Lipinski definition) is 2. The van der Waals surface area contributed by atoms with E-state index >= 15 is 0 Å². The first-order valence-electron chi connectivity index (χ1n) is 5.19. The third-order valence-electron chi connectivity index (χ3n) is 2.81. The summed E-state index contributed by atoms with van der Waals surface area (Å²) in [6.07, 6.45) is 7.92. The minimum Gasteiger partial charge on any atom is -0.480 e. The molecule has 1 amide bonds. The van der Waals surface area contributed by atoms with Crippen LogP contribution in [0.3, 0.4) is 0 Å². The molecule has 16 heavy (non-hydrogen) atoms. The molecule has 1 rings (SSSR count). The highest BCUT2D eigenvalue weighted by Gasteiger charge is 2.36. The second-order valence-corrected chi connectivity index (χ2v) is 4.24. The molecule has 0 bridgehead atoms. The van der Waals surface area contributed by atoms with Crippen molar-refractivity contribution in [1.29, 1.82) is 0 Å². The lowest BCUT2D eigenvalue weighted by molar-refractivity contribution is -0.144. The Balaban J connectivity index is 2.53. The molecule has 0 atom stereocenters. The van der Waals surface area contributed by atoms with Gasteiger partial charge in [-0.2, -0.15) is 0 Å². The molecule has 0 aromatic heterocycles. The summed E-state index contributed by atoms with van der Waals surface area (Å²) in [6, 6.07) is 0. The van der Waals surface area contributed by atoms with Gasteiger partial charge in [0.25, 0.3) is 0 Å². The highest BCUT2D eigenvalue weighted by Crippen LogP contribution is 2.32. The first-order chi connectivity index (χ1) is 7.47. The standard InChI is InChI=1S/C11H16N2O3/c1-2-6-13(8-10(15)16)9(14)7-11(12)4-3-5-11/h1H,3-8,12H2,(H,15,16). The van der Waals surface area contributed by atoms with Gasteiger partial charge in [0.2, 0.25) is 5.91 Å². The van der Waals surface area contributed by atoms with Crippen molar-refractivity contribution in [2.24, 2.45) is 5.73 Å². The molecule has 1 fully saturated rings. The molecule has 0 saturated heterocycles. The molecule has 5 heteroatoms. The Morgan fingerprint density at radius 1 is 1.50 bits per heavy atom. The number of terminal acetylenes is 1. The molecule has 0 aromatic carbocycles. The Hall–Kier alpha value is -1.54. The van der Waals surface area contributed by atoms with Crippen molar-refractivity contribution >= 4 is 11.9 Å². The van der Waals surface area contributed by atoms with E-state index in [2.05, 4.69) is 5.92 Å². The second-order valence-electron chi connectivity index (χ2n) is 4.24. The Kier molecular flexibility index (Phi) is 3.91. The quantitative estimate of drug-likeness (QED) is 0.634. The van der Waals surface area contributed by atoms with Gasteiger partial charge >= 0.3 is 5.97 Å². The molecule has 0 unspecified atom stereocenters. The van der Waals surface area contributed by atoms with Crippen LogP contribution in [0, 0.1) is 12.3 Å². The first-order valence-corrected chi connectivity index (χ1v) is 5.19. The summed E-state index contributed by atoms with van der Waals surface area (Å²) >= 11 is 0. The molecule has 0 spiro atoms. The van der Waals surface area contributed by atoms with Crippen LogP contribution >= 0.6 is 0 Å². The summed E-state index contributed by atoms with van der Waals surface area (Å²) in [5.74, 6) is 0.935. The highest BCUT2D eigenvalue weighted by molar-refractivity contribution is 5.82. The smallest absolute Gasteiger partial charge is 0.323 e. The van der Waals surface area contributed by atoms with Crippen LogP contribution in [0.25, 0.3) is 0 Å². The fourth-order valence-corrected chi connectivity index (χ4v) is 1.73. The summed E-state index contributed by atoms with van der Waals surface area (Å²) < 4.78 is 0. The van der Waals surface area contributed by atoms with Gasteiger partial charge in [-0.3, -0.25) is 9.59 Å². The van der Waals surface area contributed by atoms with Gasteiger partial charge in [0.15, 0.2) is 0 Å². The lowest BCUT2D eigenvalue weighted by atomic mass is 9.75. The van der Waals surface area contributed by atoms with Gasteiger partial charge < -0.3 is 15.7 Å². The van der Waals surface area contributed by atoms with Crippen LogP contribution in [0.15, 0.2) is 0 Å². The molecule has 1 aliphatic carbocycles. The Morgan fingerprint density at radius 3 is 2.50 bits per heavy atom. The predicted octanol–water partition coefficient (Wildman–Crippen LogP) is -0.196. The molecule has 1 saturated carbocycles. The highest BCUT2D eigenvalue weighted by atomic mass is 16.4. The number of nitrogens with two attached hydrogens (primary N) is 1. The lowest BCUT2D eigenvalue weighted by Gasteiger charge is -2.38. The number of hydrogen-bond acceptors (Lipinski definition) is 3. The van der Waals surface area contributed by atoms with E-state index in [4.69, 9.17) is 17.3 Å². The van der Waals surface area contributed by atoms with E-state index < -0.39 is 11.5 Å². The van der Waals surface area contributed by atoms with Crippen molar-refractivity contribution in [1.82, 2.24) is 4.90 Å². The molecular weight excluding hydrogens is 208 g/mol. The van der Waals surface area contributed by atoms with E-state index in [1.807, 2.05) is 0 Å². The van der Waals surface area contributed by atoms with Crippen LogP contribution in [0.1, 0.15) is 25.7 Å². The second kappa shape index (κ2) is 4.99. The van der Waals surface area contributed by atoms with Crippen molar-refractivity contribution in [3.05, 3.63) is 0 Å². The zero-order valence-corrected chi connectivity index (χ0v) is 9.11. The van der Waals surface area contributed by atoms with E-state index in [1.54, 1.807) is 0 Å². The maximum Gasteiger partial charge on any atom is 0.323 e. The zero-order chi connectivity index (χ0) is 12.2. The number of aliphatic carboxylic acids is 1. The van der Waals surface area contributed by atoms with Gasteiger partial charge in [-0.25, -0.2) is 0 Å². The van der Waals surface area contributed by atoms with Gasteiger partial charge in [-0.15, -0.1) is 6.42 Å². The Bertz CT molecular complexity index is 329. The molecule has 3 N–H and O–H groups in total. The monoisotopic (exact) mass is 224 g/mol. The molecular formula is C11H16N2O3. The maximum absolute atomic E-state index is 11.8. The normalized spacial score (nSPS) is 17.0. The number of carbonyl (C=O) groups is 2. The third kappa shape index (κ3) is 3.24. The molecule has 0 aliphatic heterocycles. The topological polar surface area (TPSA) is 83.6 Å². The van der Waals surface area contributed by atoms with E-state index in [-0.39, 0.29) is 25.4 Å². The zero-order valence-electron chi connectivity index (χ0n) is 9.11. The maximum atomic E-state index is 11.8. The SMILES string of the molecule is C#CCN(CC(=O)O)C(=O)CC1(N)CCC1. The van der Waals surface area contributed by atoms with Gasteiger partial charge in [0, 0.05) is 12.0 Å². The fourth-order valence-electron chi connectivity index (χ4n) is 1.73. The Morgan fingerprint density at radius 2 is 2.12 bits per heavy atom. The predicted molar refractivity (Wildman–Crippen MR) is 58.4 cm³/mol. The van der Waals surface area contributed by atoms with Crippen LogP contribution in [0.5, 0.6) is 0 Å². The van der Waals surface area contributed by atoms with Crippen molar-refractivity contribution in [2.75, 3.05) is 13.1 Å². The van der Waals surface area contributed by atoms with E-state index in [0.29, 0.717) is 0 Å². The third-order valence-corrected chi connectivity index (χ3v) is 2.81. The average Bonchev–Trinajstić information content (AvgIpc) is 2.14. The summed E-state index contributed by atoms with van der Waals surface area (Å²) in [6.45, 7) is -0.347. The molecule has 0 heterocycles. The van der Waals surface area contributed by atoms with E-state index in [1.165, 1.54) is 0 Å². The van der Waals surface area contributed by atoms with Crippen LogP contribution in [0.4, 0.5) is 0 Å². The minimum atomic E-state index is -1.07. The van der Waals surface area contributed by atoms with Gasteiger partial charge in [-0.05, 0) is 19.3 Å². The average molecular weight is 224 g/mol. The number of amides is 1. The summed E-state index contributed by atoms with van der Waals surface area (Å²) in [7, 11) is 0. The van der Waals surface area contributed by atoms with Gasteiger partial charge in [0.05, 0.1) is 6.54 Å². The van der Waals surface area contributed by atoms with Gasteiger partial charge in [-0.1, -0.05) is 5.92 Å². The van der Waals surface area contributed by atoms with Crippen LogP contribution < -0.4 is 5.73 Å². The van der Waals surface area contributed by atoms with E-state index in [0.717, 1.165) is 24.2 Å². The van der Waals surface area contributed by atoms with Crippen molar-refractivity contribution < 1.29 is 14.7 Å². The molecule has 1 aliphatic rings. The number of carboxylic acid groups (broad SMARTS) is 1. The van der Waals surface area contributed by atoms with Crippen molar-refractivity contribution in [3.63, 3.8) is 0 Å². The summed E-state index contributed by atoms with van der Waals surface area (Å²) in [5.41, 5.74) is 5.48. The molecule has 0 aromatic rings. The summed E-state index contributed by atoms with van der Waals surface area (Å²) in [5, 5.41) is 8.64. The number of carbonyl (C=O) groups excluding carboxylic acids is 1. The Labute approximate surface area is 94.6 Å². The van der Waals surface area contributed by atoms with Crippen LogP contribution in [0.2, 0.25) is 0 Å². The van der Waals surface area contributed by atoms with Crippen LogP contribution in [-0.2, 0) is 9.59 Å². The first kappa shape index (κ1) is 12.5. The minimum absolute atomic E-state index is 0.0151. The van der Waals surface area contributed by atoms with Gasteiger partial charge in [0.1, 0.15) is 6.54 Å².